The maximum Gasteiger partial charge on any atom is 0.226 e. The molecule has 1 atom stereocenters. The summed E-state index contributed by atoms with van der Waals surface area (Å²) in [6.07, 6.45) is 2.78. The van der Waals surface area contributed by atoms with Crippen LogP contribution in [0.4, 0.5) is 0 Å². The lowest BCUT2D eigenvalue weighted by atomic mass is 10.1. The van der Waals surface area contributed by atoms with Crippen molar-refractivity contribution in [3.8, 4) is 22.9 Å². The van der Waals surface area contributed by atoms with E-state index in [1.165, 1.54) is 0 Å². The van der Waals surface area contributed by atoms with Crippen molar-refractivity contribution >= 4 is 5.91 Å². The van der Waals surface area contributed by atoms with Crippen LogP contribution in [-0.4, -0.2) is 47.3 Å². The molecular formula is C24H27N3O4. The second-order valence-corrected chi connectivity index (χ2v) is 7.61. The summed E-state index contributed by atoms with van der Waals surface area (Å²) in [4.78, 5) is 18.8. The van der Waals surface area contributed by atoms with E-state index in [0.29, 0.717) is 31.1 Å². The summed E-state index contributed by atoms with van der Waals surface area (Å²) in [6.45, 7) is 3.32. The maximum absolute atomic E-state index is 12.6. The first-order chi connectivity index (χ1) is 15.1. The molecule has 0 N–H and O–H groups in total. The fourth-order valence-electron chi connectivity index (χ4n) is 3.64. The van der Waals surface area contributed by atoms with Gasteiger partial charge in [-0.05, 0) is 48.4 Å². The Morgan fingerprint density at radius 3 is 2.55 bits per heavy atom. The van der Waals surface area contributed by atoms with Gasteiger partial charge in [-0.15, -0.1) is 0 Å². The molecule has 31 heavy (non-hydrogen) atoms. The molecule has 4 rings (SSSR count). The molecule has 0 aliphatic carbocycles. The predicted octanol–water partition coefficient (Wildman–Crippen LogP) is 3.92. The van der Waals surface area contributed by atoms with Crippen LogP contribution in [0.25, 0.3) is 11.4 Å². The first-order valence-corrected chi connectivity index (χ1v) is 10.6. The van der Waals surface area contributed by atoms with E-state index in [1.54, 1.807) is 7.11 Å². The molecule has 1 aliphatic heterocycles. The normalized spacial score (nSPS) is 15.8. The van der Waals surface area contributed by atoms with E-state index in [9.17, 15) is 4.79 Å². The molecule has 0 radical (unpaired) electrons. The smallest absolute Gasteiger partial charge is 0.226 e. The van der Waals surface area contributed by atoms with Crippen LogP contribution in [0.3, 0.4) is 0 Å². The Hall–Kier alpha value is -3.35. The Labute approximate surface area is 182 Å². The van der Waals surface area contributed by atoms with Crippen molar-refractivity contribution in [3.63, 3.8) is 0 Å². The minimum atomic E-state index is 0.00709. The zero-order chi connectivity index (χ0) is 21.6. The van der Waals surface area contributed by atoms with Gasteiger partial charge in [0.15, 0.2) is 0 Å². The molecule has 162 valence electrons. The lowest BCUT2D eigenvalue weighted by molar-refractivity contribution is -0.130. The van der Waals surface area contributed by atoms with Crippen molar-refractivity contribution in [2.75, 3.05) is 20.2 Å². The van der Waals surface area contributed by atoms with Gasteiger partial charge in [0.25, 0.3) is 0 Å². The molecule has 0 spiro atoms. The highest BCUT2D eigenvalue weighted by Gasteiger charge is 2.27. The summed E-state index contributed by atoms with van der Waals surface area (Å²) in [5, 5.41) is 3.99. The Balaban J connectivity index is 1.26. The van der Waals surface area contributed by atoms with Crippen LogP contribution < -0.4 is 9.47 Å². The van der Waals surface area contributed by atoms with Crippen molar-refractivity contribution in [2.45, 2.75) is 38.7 Å². The van der Waals surface area contributed by atoms with E-state index in [4.69, 9.17) is 14.0 Å². The van der Waals surface area contributed by atoms with Crippen molar-refractivity contribution in [2.24, 2.45) is 0 Å². The van der Waals surface area contributed by atoms with Gasteiger partial charge in [-0.2, -0.15) is 4.98 Å². The molecule has 1 fully saturated rings. The van der Waals surface area contributed by atoms with E-state index >= 15 is 0 Å². The highest BCUT2D eigenvalue weighted by Crippen LogP contribution is 2.23. The zero-order valence-corrected chi connectivity index (χ0v) is 17.9. The Bertz CT molecular complexity index is 998. The molecule has 1 unspecified atom stereocenters. The second-order valence-electron chi connectivity index (χ2n) is 7.61. The minimum absolute atomic E-state index is 0.00709. The van der Waals surface area contributed by atoms with Crippen LogP contribution in [-0.2, 0) is 17.6 Å². The fourth-order valence-corrected chi connectivity index (χ4v) is 3.64. The molecule has 0 saturated carbocycles. The van der Waals surface area contributed by atoms with Gasteiger partial charge in [0, 0.05) is 31.4 Å². The number of carbonyl (C=O) groups is 1. The summed E-state index contributed by atoms with van der Waals surface area (Å²) in [6, 6.07) is 15.5. The molecule has 7 nitrogen and oxygen atoms in total. The van der Waals surface area contributed by atoms with E-state index in [-0.39, 0.29) is 12.0 Å². The van der Waals surface area contributed by atoms with Gasteiger partial charge in [-0.1, -0.05) is 24.2 Å². The number of rotatable bonds is 8. The van der Waals surface area contributed by atoms with Gasteiger partial charge < -0.3 is 18.9 Å². The number of hydrogen-bond acceptors (Lipinski definition) is 6. The molecule has 0 bridgehead atoms. The largest absolute Gasteiger partial charge is 0.497 e. The first-order valence-electron chi connectivity index (χ1n) is 10.6. The van der Waals surface area contributed by atoms with Crippen molar-refractivity contribution in [1.29, 1.82) is 0 Å². The molecule has 1 saturated heterocycles. The van der Waals surface area contributed by atoms with Crippen molar-refractivity contribution in [3.05, 3.63) is 60.0 Å². The van der Waals surface area contributed by atoms with Crippen molar-refractivity contribution < 1.29 is 18.8 Å². The number of likely N-dealkylation sites (tertiary alicyclic amines) is 1. The summed E-state index contributed by atoms with van der Waals surface area (Å²) >= 11 is 0. The van der Waals surface area contributed by atoms with Gasteiger partial charge in [0.05, 0.1) is 13.7 Å². The first kappa shape index (κ1) is 20.9. The molecule has 1 aromatic heterocycles. The summed E-state index contributed by atoms with van der Waals surface area (Å²) < 4.78 is 16.4. The number of hydrogen-bond donors (Lipinski definition) is 0. The highest BCUT2D eigenvalue weighted by atomic mass is 16.5. The number of amides is 1. The topological polar surface area (TPSA) is 77.7 Å². The molecule has 1 amide bonds. The quantitative estimate of drug-likeness (QED) is 0.549. The van der Waals surface area contributed by atoms with Gasteiger partial charge >= 0.3 is 0 Å². The van der Waals surface area contributed by atoms with Crippen LogP contribution in [0.1, 0.15) is 31.2 Å². The van der Waals surface area contributed by atoms with Crippen LogP contribution >= 0.6 is 0 Å². The van der Waals surface area contributed by atoms with Crippen LogP contribution in [0.2, 0.25) is 0 Å². The van der Waals surface area contributed by atoms with Gasteiger partial charge in [0.2, 0.25) is 17.6 Å². The van der Waals surface area contributed by atoms with Crippen LogP contribution in [0.15, 0.2) is 53.1 Å². The number of nitrogens with zero attached hydrogens (tertiary/aromatic N) is 3. The van der Waals surface area contributed by atoms with Crippen LogP contribution in [0, 0.1) is 0 Å². The highest BCUT2D eigenvalue weighted by molar-refractivity contribution is 5.76. The average molecular weight is 421 g/mol. The van der Waals surface area contributed by atoms with E-state index in [2.05, 4.69) is 10.1 Å². The lowest BCUT2D eigenvalue weighted by Crippen LogP contribution is -2.31. The third-order valence-corrected chi connectivity index (χ3v) is 5.47. The number of aryl methyl sites for hydroxylation is 2. The van der Waals surface area contributed by atoms with Crippen LogP contribution in [0.5, 0.6) is 11.5 Å². The molecular weight excluding hydrogens is 394 g/mol. The third-order valence-electron chi connectivity index (χ3n) is 5.47. The SMILES string of the molecule is CCc1nc(-c2ccc(OC3CCN(C(=O)CCc4ccc(OC)cc4)C3)cc2)no1. The standard InChI is InChI=1S/C24H27N3O4/c1-3-22-25-24(26-31-22)18-7-11-20(12-8-18)30-21-14-15-27(16-21)23(28)13-6-17-4-9-19(29-2)10-5-17/h4-5,7-12,21H,3,6,13-16H2,1-2H3. The van der Waals surface area contributed by atoms with Gasteiger partial charge in [0.1, 0.15) is 17.6 Å². The third kappa shape index (κ3) is 5.23. The number of benzene rings is 2. The zero-order valence-electron chi connectivity index (χ0n) is 17.9. The van der Waals surface area contributed by atoms with Crippen molar-refractivity contribution in [1.82, 2.24) is 15.0 Å². The lowest BCUT2D eigenvalue weighted by Gasteiger charge is -2.17. The monoisotopic (exact) mass is 421 g/mol. The van der Waals surface area contributed by atoms with E-state index in [1.807, 2.05) is 60.4 Å². The second kappa shape index (κ2) is 9.64. The number of ether oxygens (including phenoxy) is 2. The fraction of sp³-hybridized carbons (Fsp3) is 0.375. The van der Waals surface area contributed by atoms with E-state index in [0.717, 1.165) is 42.0 Å². The number of aromatic nitrogens is 2. The Kier molecular flexibility index (Phi) is 6.50. The van der Waals surface area contributed by atoms with Gasteiger partial charge in [-0.25, -0.2) is 0 Å². The van der Waals surface area contributed by atoms with E-state index < -0.39 is 0 Å². The summed E-state index contributed by atoms with van der Waals surface area (Å²) in [5.74, 6) is 2.98. The Morgan fingerprint density at radius 2 is 1.87 bits per heavy atom. The average Bonchev–Trinajstić information content (AvgIpc) is 3.48. The Morgan fingerprint density at radius 1 is 1.13 bits per heavy atom. The molecule has 2 heterocycles. The molecule has 3 aromatic rings. The molecule has 1 aliphatic rings. The number of carbonyl (C=O) groups excluding carboxylic acids is 1. The number of methoxy groups -OCH3 is 1. The van der Waals surface area contributed by atoms with Gasteiger partial charge in [-0.3, -0.25) is 4.79 Å². The molecule has 2 aromatic carbocycles. The predicted molar refractivity (Wildman–Crippen MR) is 116 cm³/mol. The maximum atomic E-state index is 12.6. The molecule has 7 heteroatoms. The minimum Gasteiger partial charge on any atom is -0.497 e. The summed E-state index contributed by atoms with van der Waals surface area (Å²) in [7, 11) is 1.65. The summed E-state index contributed by atoms with van der Waals surface area (Å²) in [5.41, 5.74) is 2.02.